The zero-order valence-electron chi connectivity index (χ0n) is 21.9. The maximum Gasteiger partial charge on any atom is 0.264 e. The monoisotopic (exact) mass is 574 g/mol. The highest BCUT2D eigenvalue weighted by Gasteiger charge is 2.43. The maximum atomic E-state index is 13.0. The molecule has 2 aromatic rings. The molecule has 210 valence electrons. The molecule has 4 atom stereocenters. The third kappa shape index (κ3) is 5.51. The molecule has 2 aliphatic heterocycles. The largest absolute Gasteiger partial charge is 0.490 e. The number of halogens is 1. The molecule has 1 saturated carbocycles. The van der Waals surface area contributed by atoms with Crippen LogP contribution < -0.4 is 14.4 Å². The predicted octanol–water partition coefficient (Wildman–Crippen LogP) is 3.68. The van der Waals surface area contributed by atoms with Gasteiger partial charge >= 0.3 is 0 Å². The van der Waals surface area contributed by atoms with Gasteiger partial charge in [0.05, 0.1) is 37.4 Å². The molecule has 10 heteroatoms. The molecular weight excluding hydrogens is 540 g/mol. The lowest BCUT2D eigenvalue weighted by molar-refractivity contribution is 0.00957. The van der Waals surface area contributed by atoms with Crippen LogP contribution in [0.2, 0.25) is 5.02 Å². The van der Waals surface area contributed by atoms with Crippen molar-refractivity contribution in [1.29, 1.82) is 0 Å². The van der Waals surface area contributed by atoms with Crippen molar-refractivity contribution >= 4 is 33.2 Å². The SMILES string of the molecule is O=C1NS(=O)(=O)CCOC[C@H](O)C[C@H]2CC[C@H]2CN2C[C@@]3(CCCc4cc(Cl)ccc43)COc3ccc1cc32. The van der Waals surface area contributed by atoms with E-state index in [1.165, 1.54) is 11.1 Å². The summed E-state index contributed by atoms with van der Waals surface area (Å²) in [5, 5.41) is 11.3. The molecule has 1 spiro atoms. The van der Waals surface area contributed by atoms with Gasteiger partial charge in [-0.1, -0.05) is 17.7 Å². The van der Waals surface area contributed by atoms with Crippen molar-refractivity contribution in [2.45, 2.75) is 50.0 Å². The van der Waals surface area contributed by atoms with Crippen LogP contribution in [0.1, 0.15) is 53.6 Å². The van der Waals surface area contributed by atoms with Crippen LogP contribution in [0.25, 0.3) is 0 Å². The van der Waals surface area contributed by atoms with Crippen LogP contribution in [0.5, 0.6) is 5.75 Å². The highest BCUT2D eigenvalue weighted by atomic mass is 35.5. The van der Waals surface area contributed by atoms with Gasteiger partial charge in [-0.2, -0.15) is 0 Å². The normalized spacial score (nSPS) is 30.7. The Bertz CT molecular complexity index is 1370. The lowest BCUT2D eigenvalue weighted by Gasteiger charge is -2.45. The van der Waals surface area contributed by atoms with E-state index in [4.69, 9.17) is 21.1 Å². The standard InChI is InChI=1S/C29H35ClN2O6S/c30-23-6-7-25-20(12-23)2-1-9-29(25)17-32-15-22-4-3-19(22)13-24(33)16-37-10-11-39(35,36)31-28(34)21-5-8-27(38-18-29)26(32)14-21/h5-8,12,14,19,22,24,33H,1-4,9-11,13,15-18H2,(H,31,34)/t19-,22+,24-,29+/m1/s1. The van der Waals surface area contributed by atoms with Gasteiger partial charge in [-0.15, -0.1) is 0 Å². The number of ether oxygens (including phenoxy) is 2. The zero-order valence-corrected chi connectivity index (χ0v) is 23.5. The quantitative estimate of drug-likeness (QED) is 0.494. The highest BCUT2D eigenvalue weighted by molar-refractivity contribution is 7.90. The van der Waals surface area contributed by atoms with E-state index in [2.05, 4.69) is 21.8 Å². The minimum absolute atomic E-state index is 0.0793. The van der Waals surface area contributed by atoms with Crippen molar-refractivity contribution in [2.75, 3.05) is 43.6 Å². The van der Waals surface area contributed by atoms with E-state index in [0.29, 0.717) is 37.2 Å². The number of aryl methyl sites for hydroxylation is 1. The number of fused-ring (bicyclic) bond motifs is 4. The smallest absolute Gasteiger partial charge is 0.264 e. The summed E-state index contributed by atoms with van der Waals surface area (Å²) >= 11 is 6.36. The fraction of sp³-hybridized carbons (Fsp3) is 0.552. The van der Waals surface area contributed by atoms with Crippen molar-refractivity contribution < 1.29 is 27.8 Å². The van der Waals surface area contributed by atoms with Gasteiger partial charge in [0.1, 0.15) is 5.75 Å². The Morgan fingerprint density at radius 3 is 2.79 bits per heavy atom. The van der Waals surface area contributed by atoms with Crippen LogP contribution >= 0.6 is 11.6 Å². The van der Waals surface area contributed by atoms with E-state index in [1.54, 1.807) is 18.2 Å². The van der Waals surface area contributed by atoms with Crippen molar-refractivity contribution in [3.05, 3.63) is 58.1 Å². The van der Waals surface area contributed by atoms with Gasteiger partial charge in [0.15, 0.2) is 0 Å². The second-order valence-corrected chi connectivity index (χ2v) is 13.9. The van der Waals surface area contributed by atoms with Crippen LogP contribution in [0.4, 0.5) is 5.69 Å². The number of nitrogens with zero attached hydrogens (tertiary/aromatic N) is 1. The second-order valence-electron chi connectivity index (χ2n) is 11.6. The molecule has 0 saturated heterocycles. The van der Waals surface area contributed by atoms with Crippen molar-refractivity contribution in [3.63, 3.8) is 0 Å². The molecule has 2 N–H and O–H groups in total. The predicted molar refractivity (Wildman–Crippen MR) is 149 cm³/mol. The fourth-order valence-corrected chi connectivity index (χ4v) is 7.82. The average Bonchev–Trinajstić information content (AvgIpc) is 3.04. The maximum absolute atomic E-state index is 13.0. The first-order valence-corrected chi connectivity index (χ1v) is 15.9. The van der Waals surface area contributed by atoms with Crippen LogP contribution in [0, 0.1) is 11.8 Å². The highest BCUT2D eigenvalue weighted by Crippen LogP contribution is 2.46. The Morgan fingerprint density at radius 2 is 1.97 bits per heavy atom. The van der Waals surface area contributed by atoms with Gasteiger partial charge in [-0.05, 0) is 91.8 Å². The molecule has 2 heterocycles. The first-order valence-electron chi connectivity index (χ1n) is 13.8. The van der Waals surface area contributed by atoms with Gasteiger partial charge in [0, 0.05) is 29.1 Å². The molecule has 6 rings (SSSR count). The van der Waals surface area contributed by atoms with Crippen LogP contribution in [-0.2, 0) is 26.6 Å². The molecule has 2 aromatic carbocycles. The first kappa shape index (κ1) is 26.9. The molecule has 0 unspecified atom stereocenters. The van der Waals surface area contributed by atoms with Gasteiger partial charge in [0.2, 0.25) is 10.0 Å². The minimum atomic E-state index is -3.90. The van der Waals surface area contributed by atoms with Gasteiger partial charge in [0.25, 0.3) is 5.91 Å². The first-order chi connectivity index (χ1) is 18.7. The molecule has 4 aliphatic rings. The Labute approximate surface area is 234 Å². The van der Waals surface area contributed by atoms with E-state index >= 15 is 0 Å². The number of carbonyl (C=O) groups is 1. The third-order valence-electron chi connectivity index (χ3n) is 8.96. The number of amides is 1. The Kier molecular flexibility index (Phi) is 7.29. The van der Waals surface area contributed by atoms with E-state index < -0.39 is 22.0 Å². The molecular formula is C29H35ClN2O6S. The summed E-state index contributed by atoms with van der Waals surface area (Å²) in [5.41, 5.74) is 3.36. The Balaban J connectivity index is 1.40. The molecule has 1 amide bonds. The number of hydrogen-bond acceptors (Lipinski definition) is 7. The lowest BCUT2D eigenvalue weighted by atomic mass is 9.68. The molecule has 1 fully saturated rings. The molecule has 0 radical (unpaired) electrons. The summed E-state index contributed by atoms with van der Waals surface area (Å²) in [5.74, 6) is 0.402. The summed E-state index contributed by atoms with van der Waals surface area (Å²) in [6.45, 7) is 1.98. The number of nitrogens with one attached hydrogen (secondary N) is 1. The van der Waals surface area contributed by atoms with Crippen molar-refractivity contribution in [3.8, 4) is 5.75 Å². The Morgan fingerprint density at radius 1 is 1.13 bits per heavy atom. The third-order valence-corrected chi connectivity index (χ3v) is 10.4. The molecule has 2 aliphatic carbocycles. The van der Waals surface area contributed by atoms with E-state index in [9.17, 15) is 18.3 Å². The van der Waals surface area contributed by atoms with E-state index in [1.807, 2.05) is 6.07 Å². The van der Waals surface area contributed by atoms with Crippen molar-refractivity contribution in [1.82, 2.24) is 4.72 Å². The van der Waals surface area contributed by atoms with Crippen molar-refractivity contribution in [2.24, 2.45) is 11.8 Å². The number of hydrogen-bond donors (Lipinski definition) is 2. The van der Waals surface area contributed by atoms with Gasteiger partial charge in [-0.3, -0.25) is 4.79 Å². The molecule has 8 nitrogen and oxygen atoms in total. The number of benzene rings is 2. The van der Waals surface area contributed by atoms with E-state index in [-0.39, 0.29) is 29.9 Å². The van der Waals surface area contributed by atoms with Crippen LogP contribution in [0.15, 0.2) is 36.4 Å². The minimum Gasteiger partial charge on any atom is -0.490 e. The molecule has 39 heavy (non-hydrogen) atoms. The second kappa shape index (κ2) is 10.6. The van der Waals surface area contributed by atoms with Crippen LogP contribution in [0.3, 0.4) is 0 Å². The molecule has 2 bridgehead atoms. The number of rotatable bonds is 0. The van der Waals surface area contributed by atoms with Gasteiger partial charge in [-0.25, -0.2) is 13.1 Å². The zero-order chi connectivity index (χ0) is 27.2. The molecule has 0 aromatic heterocycles. The van der Waals surface area contributed by atoms with E-state index in [0.717, 1.165) is 49.4 Å². The Hall–Kier alpha value is -2.33. The summed E-state index contributed by atoms with van der Waals surface area (Å²) < 4.78 is 39.2. The summed E-state index contributed by atoms with van der Waals surface area (Å²) in [4.78, 5) is 15.4. The average molecular weight is 575 g/mol. The number of sulfonamides is 1. The summed E-state index contributed by atoms with van der Waals surface area (Å²) in [6, 6.07) is 11.3. The van der Waals surface area contributed by atoms with Gasteiger partial charge < -0.3 is 19.5 Å². The van der Waals surface area contributed by atoms with Crippen LogP contribution in [-0.4, -0.2) is 64.2 Å². The number of carbonyl (C=O) groups excluding carboxylic acids is 1. The summed E-state index contributed by atoms with van der Waals surface area (Å²) in [6.07, 6.45) is 5.07. The number of anilines is 1. The fourth-order valence-electron chi connectivity index (χ4n) is 6.78. The number of aliphatic hydroxyl groups is 1. The summed E-state index contributed by atoms with van der Waals surface area (Å²) in [7, 11) is -3.90. The topological polar surface area (TPSA) is 105 Å². The lowest BCUT2D eigenvalue weighted by Crippen LogP contribution is -2.48. The number of aliphatic hydroxyl groups excluding tert-OH is 1.